The number of carbonyl (C=O) groups is 2. The summed E-state index contributed by atoms with van der Waals surface area (Å²) in [6.07, 6.45) is 3.93. The summed E-state index contributed by atoms with van der Waals surface area (Å²) >= 11 is 0. The first-order valence-electron chi connectivity index (χ1n) is 6.29. The van der Waals surface area contributed by atoms with E-state index in [1.807, 2.05) is 6.92 Å². The predicted octanol–water partition coefficient (Wildman–Crippen LogP) is 0.452. The Hall–Kier alpha value is -1.10. The highest BCUT2D eigenvalue weighted by Gasteiger charge is 2.43. The maximum absolute atomic E-state index is 12.5. The van der Waals surface area contributed by atoms with Gasteiger partial charge in [-0.2, -0.15) is 0 Å². The number of carboxylic acids is 1. The molecular formula is C12H20N2O3. The van der Waals surface area contributed by atoms with Crippen LogP contribution in [0, 0.1) is 5.41 Å². The van der Waals surface area contributed by atoms with Crippen molar-refractivity contribution in [1.29, 1.82) is 0 Å². The molecule has 0 bridgehead atoms. The Morgan fingerprint density at radius 1 is 1.35 bits per heavy atom. The van der Waals surface area contributed by atoms with Crippen molar-refractivity contribution in [2.24, 2.45) is 5.41 Å². The highest BCUT2D eigenvalue weighted by Crippen LogP contribution is 2.39. The number of nitrogens with one attached hydrogen (secondary N) is 1. The lowest BCUT2D eigenvalue weighted by Gasteiger charge is -2.38. The van der Waals surface area contributed by atoms with Gasteiger partial charge in [-0.05, 0) is 12.8 Å². The van der Waals surface area contributed by atoms with E-state index >= 15 is 0 Å². The summed E-state index contributed by atoms with van der Waals surface area (Å²) in [6, 6.07) is -0.700. The second kappa shape index (κ2) is 4.64. The van der Waals surface area contributed by atoms with Gasteiger partial charge in [0.1, 0.15) is 6.04 Å². The Kier molecular flexibility index (Phi) is 3.38. The molecule has 1 unspecified atom stereocenters. The van der Waals surface area contributed by atoms with E-state index in [4.69, 9.17) is 5.11 Å². The third-order valence-electron chi connectivity index (χ3n) is 4.01. The van der Waals surface area contributed by atoms with Gasteiger partial charge in [0.25, 0.3) is 0 Å². The standard InChI is InChI=1S/C12H20N2O3/c1-12(4-2-3-5-12)11(17)14-7-6-13-8-9(14)10(15)16/h9,13H,2-8H2,1H3,(H,15,16). The van der Waals surface area contributed by atoms with E-state index in [1.165, 1.54) is 0 Å². The number of carboxylic acid groups (broad SMARTS) is 1. The molecule has 0 aromatic rings. The normalized spacial score (nSPS) is 28.1. The van der Waals surface area contributed by atoms with Crippen LogP contribution in [-0.2, 0) is 9.59 Å². The van der Waals surface area contributed by atoms with Crippen molar-refractivity contribution in [2.45, 2.75) is 38.6 Å². The van der Waals surface area contributed by atoms with Gasteiger partial charge < -0.3 is 15.3 Å². The molecule has 0 spiro atoms. The van der Waals surface area contributed by atoms with Crippen molar-refractivity contribution in [3.05, 3.63) is 0 Å². The second-order valence-electron chi connectivity index (χ2n) is 5.32. The van der Waals surface area contributed by atoms with Crippen LogP contribution in [0.3, 0.4) is 0 Å². The number of piperazine rings is 1. The van der Waals surface area contributed by atoms with E-state index < -0.39 is 12.0 Å². The van der Waals surface area contributed by atoms with E-state index in [9.17, 15) is 9.59 Å². The number of nitrogens with zero attached hydrogens (tertiary/aromatic N) is 1. The summed E-state index contributed by atoms with van der Waals surface area (Å²) in [4.78, 5) is 25.2. The molecule has 0 radical (unpaired) electrons. The Labute approximate surface area is 101 Å². The summed E-state index contributed by atoms with van der Waals surface area (Å²) in [5, 5.41) is 12.2. The number of carbonyl (C=O) groups excluding carboxylic acids is 1. The van der Waals surface area contributed by atoms with Gasteiger partial charge in [-0.15, -0.1) is 0 Å². The van der Waals surface area contributed by atoms with Gasteiger partial charge in [0.2, 0.25) is 5.91 Å². The zero-order chi connectivity index (χ0) is 12.5. The smallest absolute Gasteiger partial charge is 0.327 e. The van der Waals surface area contributed by atoms with Gasteiger partial charge in [-0.25, -0.2) is 4.79 Å². The summed E-state index contributed by atoms with van der Waals surface area (Å²) in [5.74, 6) is -0.879. The van der Waals surface area contributed by atoms with Gasteiger partial charge in [0, 0.05) is 25.0 Å². The molecule has 96 valence electrons. The summed E-state index contributed by atoms with van der Waals surface area (Å²) in [6.45, 7) is 3.53. The Bertz CT molecular complexity index is 324. The molecule has 1 amide bonds. The largest absolute Gasteiger partial charge is 0.480 e. The molecule has 5 heteroatoms. The van der Waals surface area contributed by atoms with E-state index in [-0.39, 0.29) is 11.3 Å². The SMILES string of the molecule is CC1(C(=O)N2CCNCC2C(=O)O)CCCC1. The van der Waals surface area contributed by atoms with Crippen LogP contribution < -0.4 is 5.32 Å². The predicted molar refractivity (Wildman–Crippen MR) is 62.6 cm³/mol. The van der Waals surface area contributed by atoms with Gasteiger partial charge in [-0.3, -0.25) is 4.79 Å². The molecule has 2 N–H and O–H groups in total. The summed E-state index contributed by atoms with van der Waals surface area (Å²) < 4.78 is 0. The van der Waals surface area contributed by atoms with Crippen molar-refractivity contribution in [2.75, 3.05) is 19.6 Å². The first-order valence-corrected chi connectivity index (χ1v) is 6.29. The number of amides is 1. The van der Waals surface area contributed by atoms with Gasteiger partial charge >= 0.3 is 5.97 Å². The molecule has 2 rings (SSSR count). The molecule has 1 saturated heterocycles. The molecule has 1 atom stereocenters. The van der Waals surface area contributed by atoms with E-state index in [0.717, 1.165) is 25.7 Å². The lowest BCUT2D eigenvalue weighted by Crippen LogP contribution is -2.59. The summed E-state index contributed by atoms with van der Waals surface area (Å²) in [5.41, 5.74) is -0.328. The molecule has 1 aliphatic heterocycles. The molecule has 0 aromatic heterocycles. The van der Waals surface area contributed by atoms with Crippen LogP contribution >= 0.6 is 0 Å². The third-order valence-corrected chi connectivity index (χ3v) is 4.01. The average Bonchev–Trinajstić information content (AvgIpc) is 2.76. The first-order chi connectivity index (χ1) is 8.04. The Morgan fingerprint density at radius 3 is 2.59 bits per heavy atom. The maximum atomic E-state index is 12.5. The fourth-order valence-electron chi connectivity index (χ4n) is 2.88. The zero-order valence-electron chi connectivity index (χ0n) is 10.2. The second-order valence-corrected chi connectivity index (χ2v) is 5.32. The molecule has 5 nitrogen and oxygen atoms in total. The fraction of sp³-hybridized carbons (Fsp3) is 0.833. The van der Waals surface area contributed by atoms with Crippen LogP contribution in [0.15, 0.2) is 0 Å². The molecule has 1 saturated carbocycles. The molecule has 0 aromatic carbocycles. The van der Waals surface area contributed by atoms with Crippen LogP contribution in [0.2, 0.25) is 0 Å². The number of hydrogen-bond acceptors (Lipinski definition) is 3. The van der Waals surface area contributed by atoms with Crippen LogP contribution in [0.4, 0.5) is 0 Å². The molecule has 2 fully saturated rings. The van der Waals surface area contributed by atoms with E-state index in [0.29, 0.717) is 19.6 Å². The fourth-order valence-corrected chi connectivity index (χ4v) is 2.88. The molecule has 2 aliphatic rings. The molecular weight excluding hydrogens is 220 g/mol. The number of hydrogen-bond donors (Lipinski definition) is 2. The van der Waals surface area contributed by atoms with Crippen LogP contribution in [0.25, 0.3) is 0 Å². The van der Waals surface area contributed by atoms with Gasteiger partial charge in [-0.1, -0.05) is 19.8 Å². The first kappa shape index (κ1) is 12.4. The Morgan fingerprint density at radius 2 is 2.00 bits per heavy atom. The third kappa shape index (κ3) is 2.29. The van der Waals surface area contributed by atoms with Gasteiger partial charge in [0.15, 0.2) is 0 Å². The zero-order valence-corrected chi connectivity index (χ0v) is 10.2. The van der Waals surface area contributed by atoms with Crippen molar-refractivity contribution in [3.63, 3.8) is 0 Å². The molecule has 1 heterocycles. The highest BCUT2D eigenvalue weighted by molar-refractivity contribution is 5.87. The monoisotopic (exact) mass is 240 g/mol. The highest BCUT2D eigenvalue weighted by atomic mass is 16.4. The number of aliphatic carboxylic acids is 1. The summed E-state index contributed by atoms with van der Waals surface area (Å²) in [7, 11) is 0. The van der Waals surface area contributed by atoms with Crippen LogP contribution in [0.1, 0.15) is 32.6 Å². The Balaban J connectivity index is 2.13. The molecule has 1 aliphatic carbocycles. The minimum Gasteiger partial charge on any atom is -0.480 e. The van der Waals surface area contributed by atoms with Crippen molar-refractivity contribution in [1.82, 2.24) is 10.2 Å². The quantitative estimate of drug-likeness (QED) is 0.735. The lowest BCUT2D eigenvalue weighted by molar-refractivity contribution is -0.155. The minimum absolute atomic E-state index is 0.0314. The van der Waals surface area contributed by atoms with Crippen molar-refractivity contribution in [3.8, 4) is 0 Å². The van der Waals surface area contributed by atoms with Crippen molar-refractivity contribution >= 4 is 11.9 Å². The average molecular weight is 240 g/mol. The minimum atomic E-state index is -0.910. The molecule has 17 heavy (non-hydrogen) atoms. The van der Waals surface area contributed by atoms with Crippen LogP contribution in [-0.4, -0.2) is 47.6 Å². The van der Waals surface area contributed by atoms with Crippen molar-refractivity contribution < 1.29 is 14.7 Å². The van der Waals surface area contributed by atoms with E-state index in [2.05, 4.69) is 5.32 Å². The topological polar surface area (TPSA) is 69.6 Å². The van der Waals surface area contributed by atoms with E-state index in [1.54, 1.807) is 4.90 Å². The maximum Gasteiger partial charge on any atom is 0.327 e. The lowest BCUT2D eigenvalue weighted by atomic mass is 9.86. The van der Waals surface area contributed by atoms with Crippen LogP contribution in [0.5, 0.6) is 0 Å². The van der Waals surface area contributed by atoms with Gasteiger partial charge in [0.05, 0.1) is 0 Å². The number of rotatable bonds is 2.